The average Bonchev–Trinajstić information content (AvgIpc) is 3.47. The molecule has 2 aromatic carbocycles. The van der Waals surface area contributed by atoms with Crippen molar-refractivity contribution in [3.63, 3.8) is 0 Å². The maximum absolute atomic E-state index is 12.8. The summed E-state index contributed by atoms with van der Waals surface area (Å²) < 4.78 is 1.88. The first-order valence-corrected chi connectivity index (χ1v) is 10.8. The molecule has 4 aromatic rings. The van der Waals surface area contributed by atoms with Crippen LogP contribution in [0, 0.1) is 6.92 Å². The van der Waals surface area contributed by atoms with E-state index < -0.39 is 0 Å². The molecule has 30 heavy (non-hydrogen) atoms. The van der Waals surface area contributed by atoms with Crippen LogP contribution in [0.3, 0.4) is 0 Å². The highest BCUT2D eigenvalue weighted by Gasteiger charge is 2.18. The minimum atomic E-state index is -0.192. The van der Waals surface area contributed by atoms with Gasteiger partial charge in [-0.25, -0.2) is 4.79 Å². The normalized spacial score (nSPS) is 11.8. The van der Waals surface area contributed by atoms with Crippen molar-refractivity contribution in [2.24, 2.45) is 0 Å². The summed E-state index contributed by atoms with van der Waals surface area (Å²) in [5.41, 5.74) is 4.47. The molecule has 0 unspecified atom stereocenters. The van der Waals surface area contributed by atoms with Crippen molar-refractivity contribution in [3.8, 4) is 0 Å². The minimum absolute atomic E-state index is 0.176. The van der Waals surface area contributed by atoms with Crippen LogP contribution in [0.5, 0.6) is 0 Å². The molecule has 2 aromatic heterocycles. The summed E-state index contributed by atoms with van der Waals surface area (Å²) in [5.74, 6) is 0. The van der Waals surface area contributed by atoms with Gasteiger partial charge in [0, 0.05) is 23.8 Å². The van der Waals surface area contributed by atoms with Crippen LogP contribution >= 0.6 is 11.3 Å². The van der Waals surface area contributed by atoms with Gasteiger partial charge in [0.2, 0.25) is 0 Å². The summed E-state index contributed by atoms with van der Waals surface area (Å²) >= 11 is 1.64. The molecule has 2 amide bonds. The number of rotatable bonds is 7. The molecular weight excluding hydrogens is 392 g/mol. The van der Waals surface area contributed by atoms with E-state index in [4.69, 9.17) is 0 Å². The summed E-state index contributed by atoms with van der Waals surface area (Å²) in [5, 5.41) is 12.5. The Morgan fingerprint density at radius 3 is 2.53 bits per heavy atom. The van der Waals surface area contributed by atoms with Gasteiger partial charge in [0.25, 0.3) is 0 Å². The minimum Gasteiger partial charge on any atom is -0.334 e. The highest BCUT2D eigenvalue weighted by atomic mass is 32.1. The topological polar surface area (TPSA) is 59.0 Å². The molecule has 4 rings (SSSR count). The molecule has 0 radical (unpaired) electrons. The van der Waals surface area contributed by atoms with E-state index in [-0.39, 0.29) is 12.1 Å². The van der Waals surface area contributed by atoms with Gasteiger partial charge < -0.3 is 10.6 Å². The van der Waals surface area contributed by atoms with Gasteiger partial charge in [-0.2, -0.15) is 5.10 Å². The van der Waals surface area contributed by atoms with Crippen molar-refractivity contribution in [3.05, 3.63) is 112 Å². The Balaban J connectivity index is 1.44. The number of thiophene rings is 1. The van der Waals surface area contributed by atoms with Crippen LogP contribution < -0.4 is 10.6 Å². The van der Waals surface area contributed by atoms with Crippen LogP contribution in [0.1, 0.15) is 33.2 Å². The second-order valence-corrected chi connectivity index (χ2v) is 8.14. The van der Waals surface area contributed by atoms with E-state index in [2.05, 4.69) is 59.1 Å². The van der Waals surface area contributed by atoms with Gasteiger partial charge in [0.15, 0.2) is 0 Å². The van der Waals surface area contributed by atoms with E-state index in [1.165, 1.54) is 5.56 Å². The largest absolute Gasteiger partial charge is 0.334 e. The van der Waals surface area contributed by atoms with Gasteiger partial charge in [-0.3, -0.25) is 4.68 Å². The number of hydrogen-bond acceptors (Lipinski definition) is 3. The number of amides is 2. The fraction of sp³-hybridized carbons (Fsp3) is 0.167. The third-order valence-corrected chi connectivity index (χ3v) is 5.90. The van der Waals surface area contributed by atoms with Crippen molar-refractivity contribution in [2.45, 2.75) is 26.1 Å². The number of carbonyl (C=O) groups is 1. The van der Waals surface area contributed by atoms with E-state index in [0.29, 0.717) is 13.1 Å². The smallest absolute Gasteiger partial charge is 0.315 e. The van der Waals surface area contributed by atoms with E-state index >= 15 is 0 Å². The monoisotopic (exact) mass is 416 g/mol. The highest BCUT2D eigenvalue weighted by Crippen LogP contribution is 2.26. The molecule has 1 atom stereocenters. The second-order valence-electron chi connectivity index (χ2n) is 7.16. The number of carbonyl (C=O) groups excluding carboxylic acids is 1. The Hall–Kier alpha value is -3.38. The number of hydrogen-bond donors (Lipinski definition) is 2. The lowest BCUT2D eigenvalue weighted by Crippen LogP contribution is -2.38. The molecule has 152 valence electrons. The van der Waals surface area contributed by atoms with Crippen LogP contribution in [0.2, 0.25) is 0 Å². The molecule has 0 saturated heterocycles. The molecule has 0 aliphatic carbocycles. The summed E-state index contributed by atoms with van der Waals surface area (Å²) in [6.07, 6.45) is 3.70. The quantitative estimate of drug-likeness (QED) is 0.451. The zero-order valence-electron chi connectivity index (χ0n) is 16.8. The lowest BCUT2D eigenvalue weighted by atomic mass is 10.0. The first-order chi connectivity index (χ1) is 14.7. The number of urea groups is 1. The SMILES string of the molecule is Cc1ccc([C@@H](NC(=O)NCc2ccccc2Cn2cccn2)c2cccs2)cc1. The number of aromatic nitrogens is 2. The number of aryl methyl sites for hydroxylation is 1. The molecule has 2 N–H and O–H groups in total. The Bertz CT molecular complexity index is 1070. The maximum atomic E-state index is 12.8. The molecule has 0 bridgehead atoms. The molecule has 0 saturated carbocycles. The predicted octanol–water partition coefficient (Wildman–Crippen LogP) is 4.89. The Morgan fingerprint density at radius 1 is 1.03 bits per heavy atom. The second kappa shape index (κ2) is 9.41. The Morgan fingerprint density at radius 2 is 1.83 bits per heavy atom. The zero-order chi connectivity index (χ0) is 20.8. The van der Waals surface area contributed by atoms with Gasteiger partial charge in [-0.1, -0.05) is 60.2 Å². The number of nitrogens with zero attached hydrogens (tertiary/aromatic N) is 2. The van der Waals surface area contributed by atoms with Crippen LogP contribution in [0.15, 0.2) is 84.5 Å². The van der Waals surface area contributed by atoms with Gasteiger partial charge in [-0.15, -0.1) is 11.3 Å². The molecule has 0 aliphatic rings. The van der Waals surface area contributed by atoms with E-state index in [1.807, 2.05) is 46.6 Å². The molecule has 0 fully saturated rings. The van der Waals surface area contributed by atoms with Crippen LogP contribution in [-0.4, -0.2) is 15.8 Å². The molecule has 5 nitrogen and oxygen atoms in total. The van der Waals surface area contributed by atoms with Gasteiger partial charge in [0.05, 0.1) is 12.6 Å². The van der Waals surface area contributed by atoms with Crippen molar-refractivity contribution < 1.29 is 4.79 Å². The van der Waals surface area contributed by atoms with Crippen LogP contribution in [-0.2, 0) is 13.1 Å². The van der Waals surface area contributed by atoms with Crippen LogP contribution in [0.25, 0.3) is 0 Å². The summed E-state index contributed by atoms with van der Waals surface area (Å²) in [7, 11) is 0. The summed E-state index contributed by atoms with van der Waals surface area (Å²) in [6.45, 7) is 3.19. The molecule has 2 heterocycles. The Kier molecular flexibility index (Phi) is 6.25. The summed E-state index contributed by atoms with van der Waals surface area (Å²) in [6, 6.07) is 22.0. The number of nitrogens with one attached hydrogen (secondary N) is 2. The van der Waals surface area contributed by atoms with Gasteiger partial charge >= 0.3 is 6.03 Å². The zero-order valence-corrected chi connectivity index (χ0v) is 17.6. The van der Waals surface area contributed by atoms with Crippen molar-refractivity contribution in [2.75, 3.05) is 0 Å². The van der Waals surface area contributed by atoms with E-state index in [1.54, 1.807) is 17.5 Å². The number of benzene rings is 2. The van der Waals surface area contributed by atoms with Crippen molar-refractivity contribution in [1.29, 1.82) is 0 Å². The Labute approximate surface area is 180 Å². The molecule has 0 spiro atoms. The average molecular weight is 417 g/mol. The fourth-order valence-corrected chi connectivity index (χ4v) is 4.15. The molecular formula is C24H24N4OS. The summed E-state index contributed by atoms with van der Waals surface area (Å²) in [4.78, 5) is 13.9. The molecule has 6 heteroatoms. The first kappa shape index (κ1) is 19.9. The van der Waals surface area contributed by atoms with Crippen LogP contribution in [0.4, 0.5) is 4.79 Å². The fourth-order valence-electron chi connectivity index (χ4n) is 3.34. The molecule has 0 aliphatic heterocycles. The van der Waals surface area contributed by atoms with E-state index in [0.717, 1.165) is 21.6 Å². The van der Waals surface area contributed by atoms with Crippen molar-refractivity contribution >= 4 is 17.4 Å². The maximum Gasteiger partial charge on any atom is 0.315 e. The van der Waals surface area contributed by atoms with Gasteiger partial charge in [-0.05, 0) is 41.1 Å². The predicted molar refractivity (Wildman–Crippen MR) is 120 cm³/mol. The third kappa shape index (κ3) is 4.96. The lowest BCUT2D eigenvalue weighted by molar-refractivity contribution is 0.238. The first-order valence-electron chi connectivity index (χ1n) is 9.87. The highest BCUT2D eigenvalue weighted by molar-refractivity contribution is 7.10. The standard InChI is InChI=1S/C24H24N4OS/c1-18-9-11-19(12-10-18)23(22-8-4-15-30-22)27-24(29)25-16-20-6-2-3-7-21(20)17-28-14-5-13-26-28/h2-15,23H,16-17H2,1H3,(H2,25,27,29)/t23-/m1/s1. The third-order valence-electron chi connectivity index (χ3n) is 4.96. The van der Waals surface area contributed by atoms with Crippen molar-refractivity contribution in [1.82, 2.24) is 20.4 Å². The lowest BCUT2D eigenvalue weighted by Gasteiger charge is -2.19. The van der Waals surface area contributed by atoms with Gasteiger partial charge in [0.1, 0.15) is 0 Å². The van der Waals surface area contributed by atoms with E-state index in [9.17, 15) is 4.79 Å².